The number of carboxylic acids is 1. The Balaban J connectivity index is 1.94. The number of aliphatic carboxylic acids is 1. The average molecular weight is 313 g/mol. The highest BCUT2D eigenvalue weighted by molar-refractivity contribution is 5.89. The Bertz CT molecular complexity index is 430. The van der Waals surface area contributed by atoms with Crippen LogP contribution in [0.3, 0.4) is 0 Å². The second-order valence-corrected chi connectivity index (χ2v) is 6.80. The number of hydrogen-bond acceptors (Lipinski definition) is 4. The Morgan fingerprint density at radius 2 is 2.14 bits per heavy atom. The minimum atomic E-state index is -1.24. The number of carbonyl (C=O) groups is 2. The van der Waals surface area contributed by atoms with Crippen molar-refractivity contribution in [2.45, 2.75) is 70.6 Å². The van der Waals surface area contributed by atoms with Gasteiger partial charge in [0.15, 0.2) is 0 Å². The van der Waals surface area contributed by atoms with Crippen molar-refractivity contribution in [3.05, 3.63) is 0 Å². The highest BCUT2D eigenvalue weighted by atomic mass is 16.5. The fraction of sp³-hybridized carbons (Fsp3) is 0.875. The maximum absolute atomic E-state index is 12.2. The molecule has 0 aromatic rings. The molecule has 126 valence electrons. The molecule has 1 heterocycles. The number of carboxylic acid groups (broad SMARTS) is 1. The highest BCUT2D eigenvalue weighted by Crippen LogP contribution is 2.51. The summed E-state index contributed by atoms with van der Waals surface area (Å²) in [6.07, 6.45) is 3.27. The lowest BCUT2D eigenvalue weighted by atomic mass is 9.54. The first kappa shape index (κ1) is 17.2. The minimum absolute atomic E-state index is 0.136. The van der Waals surface area contributed by atoms with Crippen LogP contribution in [0.4, 0.5) is 0 Å². The predicted octanol–water partition coefficient (Wildman–Crippen LogP) is 1.72. The van der Waals surface area contributed by atoms with Crippen LogP contribution in [0.25, 0.3) is 0 Å². The van der Waals surface area contributed by atoms with E-state index >= 15 is 0 Å². The summed E-state index contributed by atoms with van der Waals surface area (Å²) in [7, 11) is 0. The van der Waals surface area contributed by atoms with E-state index in [1.54, 1.807) is 0 Å². The molecule has 1 saturated heterocycles. The molecule has 6 nitrogen and oxygen atoms in total. The van der Waals surface area contributed by atoms with Crippen LogP contribution in [0.15, 0.2) is 0 Å². The van der Waals surface area contributed by atoms with Crippen molar-refractivity contribution in [1.29, 1.82) is 0 Å². The topological polar surface area (TPSA) is 84.9 Å². The Hall–Kier alpha value is -1.14. The molecular weight excluding hydrogens is 286 g/mol. The molecule has 1 amide bonds. The van der Waals surface area contributed by atoms with Crippen molar-refractivity contribution in [2.24, 2.45) is 5.41 Å². The molecule has 6 heteroatoms. The van der Waals surface area contributed by atoms with Crippen molar-refractivity contribution in [2.75, 3.05) is 13.2 Å². The van der Waals surface area contributed by atoms with E-state index in [2.05, 4.69) is 5.32 Å². The zero-order chi connectivity index (χ0) is 16.4. The molecule has 1 aliphatic carbocycles. The van der Waals surface area contributed by atoms with Crippen LogP contribution >= 0.6 is 0 Å². The molecule has 0 aromatic carbocycles. The van der Waals surface area contributed by atoms with Gasteiger partial charge in [0.25, 0.3) is 0 Å². The van der Waals surface area contributed by atoms with Gasteiger partial charge in [-0.3, -0.25) is 4.79 Å². The Labute approximate surface area is 131 Å². The average Bonchev–Trinajstić information content (AvgIpc) is 2.96. The van der Waals surface area contributed by atoms with E-state index in [1.165, 1.54) is 0 Å². The van der Waals surface area contributed by atoms with Crippen LogP contribution < -0.4 is 5.32 Å². The van der Waals surface area contributed by atoms with Crippen molar-refractivity contribution >= 4 is 11.9 Å². The van der Waals surface area contributed by atoms with Gasteiger partial charge in [-0.2, -0.15) is 0 Å². The van der Waals surface area contributed by atoms with Gasteiger partial charge in [-0.15, -0.1) is 0 Å². The molecule has 3 atom stereocenters. The lowest BCUT2D eigenvalue weighted by Gasteiger charge is -2.58. The Kier molecular flexibility index (Phi) is 5.12. The highest BCUT2D eigenvalue weighted by Gasteiger charge is 2.66. The van der Waals surface area contributed by atoms with Crippen LogP contribution in [-0.2, 0) is 19.1 Å². The summed E-state index contributed by atoms with van der Waals surface area (Å²) >= 11 is 0. The molecule has 0 bridgehead atoms. The molecule has 1 saturated carbocycles. The smallest absolute Gasteiger partial charge is 0.330 e. The predicted molar refractivity (Wildman–Crippen MR) is 80.5 cm³/mol. The van der Waals surface area contributed by atoms with Crippen LogP contribution in [-0.4, -0.2) is 47.9 Å². The fourth-order valence-corrected chi connectivity index (χ4v) is 3.50. The molecule has 2 N–H and O–H groups in total. The lowest BCUT2D eigenvalue weighted by Crippen LogP contribution is -2.76. The molecule has 0 spiro atoms. The SMILES string of the molecule is CCOC1CC(NC(=O)CCC2CCCO2)(C(=O)O)C1(C)C. The van der Waals surface area contributed by atoms with Gasteiger partial charge >= 0.3 is 5.97 Å². The van der Waals surface area contributed by atoms with E-state index in [1.807, 2.05) is 20.8 Å². The first-order valence-electron chi connectivity index (χ1n) is 8.11. The number of rotatable bonds is 7. The second kappa shape index (κ2) is 6.54. The molecule has 1 aliphatic heterocycles. The van der Waals surface area contributed by atoms with E-state index in [-0.39, 0.29) is 18.1 Å². The van der Waals surface area contributed by atoms with E-state index in [9.17, 15) is 14.7 Å². The molecule has 2 aliphatic rings. The number of nitrogens with one attached hydrogen (secondary N) is 1. The third-order valence-corrected chi connectivity index (χ3v) is 5.20. The van der Waals surface area contributed by atoms with E-state index in [0.717, 1.165) is 19.4 Å². The Morgan fingerprint density at radius 3 is 2.64 bits per heavy atom. The summed E-state index contributed by atoms with van der Waals surface area (Å²) in [6, 6.07) is 0. The lowest BCUT2D eigenvalue weighted by molar-refractivity contribution is -0.194. The molecular formula is C16H27NO5. The largest absolute Gasteiger partial charge is 0.479 e. The van der Waals surface area contributed by atoms with Crippen molar-refractivity contribution < 1.29 is 24.2 Å². The second-order valence-electron chi connectivity index (χ2n) is 6.80. The summed E-state index contributed by atoms with van der Waals surface area (Å²) in [4.78, 5) is 24.0. The summed E-state index contributed by atoms with van der Waals surface area (Å²) in [6.45, 7) is 6.86. The number of carbonyl (C=O) groups excluding carboxylic acids is 1. The van der Waals surface area contributed by atoms with Gasteiger partial charge in [-0.1, -0.05) is 13.8 Å². The van der Waals surface area contributed by atoms with Crippen molar-refractivity contribution in [3.8, 4) is 0 Å². The van der Waals surface area contributed by atoms with Crippen molar-refractivity contribution in [1.82, 2.24) is 5.32 Å². The third kappa shape index (κ3) is 2.99. The first-order chi connectivity index (χ1) is 10.3. The zero-order valence-electron chi connectivity index (χ0n) is 13.7. The molecule has 0 aromatic heterocycles. The van der Waals surface area contributed by atoms with Gasteiger partial charge in [0.05, 0.1) is 12.2 Å². The third-order valence-electron chi connectivity index (χ3n) is 5.20. The quantitative estimate of drug-likeness (QED) is 0.747. The number of amides is 1. The van der Waals surface area contributed by atoms with Gasteiger partial charge in [-0.25, -0.2) is 4.79 Å². The Morgan fingerprint density at radius 1 is 1.41 bits per heavy atom. The number of hydrogen-bond donors (Lipinski definition) is 2. The minimum Gasteiger partial charge on any atom is -0.479 e. The van der Waals surface area contributed by atoms with Gasteiger partial charge in [0.1, 0.15) is 5.54 Å². The van der Waals surface area contributed by atoms with E-state index in [0.29, 0.717) is 25.9 Å². The molecule has 2 rings (SSSR count). The number of ether oxygens (including phenoxy) is 2. The van der Waals surface area contributed by atoms with Crippen molar-refractivity contribution in [3.63, 3.8) is 0 Å². The fourth-order valence-electron chi connectivity index (χ4n) is 3.50. The van der Waals surface area contributed by atoms with E-state index < -0.39 is 16.9 Å². The zero-order valence-corrected chi connectivity index (χ0v) is 13.7. The van der Waals surface area contributed by atoms with Crippen LogP contribution in [0.2, 0.25) is 0 Å². The van der Waals surface area contributed by atoms with Crippen LogP contribution in [0.1, 0.15) is 52.9 Å². The van der Waals surface area contributed by atoms with Gasteiger partial charge < -0.3 is 19.9 Å². The maximum Gasteiger partial charge on any atom is 0.330 e. The van der Waals surface area contributed by atoms with E-state index in [4.69, 9.17) is 9.47 Å². The van der Waals surface area contributed by atoms with Crippen LogP contribution in [0, 0.1) is 5.41 Å². The van der Waals surface area contributed by atoms with Gasteiger partial charge in [-0.05, 0) is 26.2 Å². The standard InChI is InChI=1S/C16H27NO5/c1-4-21-12-10-16(14(19)20,15(12,2)3)17-13(18)8-7-11-6-5-9-22-11/h11-12H,4-10H2,1-3H3,(H,17,18)(H,19,20). The molecule has 3 unspecified atom stereocenters. The van der Waals surface area contributed by atoms with Gasteiger partial charge in [0.2, 0.25) is 5.91 Å². The summed E-state index contributed by atoms with van der Waals surface area (Å²) in [5.74, 6) is -1.21. The molecule has 2 fully saturated rings. The van der Waals surface area contributed by atoms with Crippen LogP contribution in [0.5, 0.6) is 0 Å². The molecule has 22 heavy (non-hydrogen) atoms. The summed E-state index contributed by atoms with van der Waals surface area (Å²) in [5, 5.41) is 12.4. The maximum atomic E-state index is 12.2. The first-order valence-corrected chi connectivity index (χ1v) is 8.11. The summed E-state index contributed by atoms with van der Waals surface area (Å²) in [5.41, 5.74) is -1.87. The monoisotopic (exact) mass is 313 g/mol. The normalized spacial score (nSPS) is 33.2. The molecule has 0 radical (unpaired) electrons. The van der Waals surface area contributed by atoms with Gasteiger partial charge in [0, 0.05) is 31.5 Å². The summed E-state index contributed by atoms with van der Waals surface area (Å²) < 4.78 is 11.1.